The van der Waals surface area contributed by atoms with E-state index in [2.05, 4.69) is 58.7 Å². The van der Waals surface area contributed by atoms with E-state index in [1.54, 1.807) is 0 Å². The molecule has 0 radical (unpaired) electrons. The number of fused-ring (bicyclic) bond motifs is 2. The van der Waals surface area contributed by atoms with Gasteiger partial charge >= 0.3 is 0 Å². The lowest BCUT2D eigenvalue weighted by Gasteiger charge is -2.27. The van der Waals surface area contributed by atoms with Gasteiger partial charge in [0.25, 0.3) is 0 Å². The highest BCUT2D eigenvalue weighted by atomic mass is 35.5. The second-order valence-electron chi connectivity index (χ2n) is 5.37. The van der Waals surface area contributed by atoms with Crippen LogP contribution in [-0.2, 0) is 12.8 Å². The molecule has 1 heterocycles. The van der Waals surface area contributed by atoms with E-state index in [0.717, 1.165) is 32.4 Å². The van der Waals surface area contributed by atoms with Gasteiger partial charge in [0.15, 0.2) is 0 Å². The average molecular weight is 339 g/mol. The minimum Gasteiger partial charge on any atom is -0.341 e. The molecule has 0 saturated heterocycles. The number of nitrogens with one attached hydrogen (secondary N) is 1. The fraction of sp³-hybridized carbons (Fsp3) is 0.333. The summed E-state index contributed by atoms with van der Waals surface area (Å²) in [5, 5.41) is 3.24. The van der Waals surface area contributed by atoms with Gasteiger partial charge in [-0.2, -0.15) is 0 Å². The third-order valence-corrected chi connectivity index (χ3v) is 4.04. The van der Waals surface area contributed by atoms with Crippen LogP contribution >= 0.6 is 24.8 Å². The lowest BCUT2D eigenvalue weighted by atomic mass is 10.0. The van der Waals surface area contributed by atoms with Gasteiger partial charge in [-0.05, 0) is 56.1 Å². The molecule has 0 unspecified atom stereocenters. The smallest absolute Gasteiger partial charge is 0.0443 e. The minimum absolute atomic E-state index is 0. The highest BCUT2D eigenvalue weighted by molar-refractivity contribution is 5.85. The van der Waals surface area contributed by atoms with Crippen molar-refractivity contribution in [1.82, 2.24) is 5.32 Å². The van der Waals surface area contributed by atoms with Crippen molar-refractivity contribution in [1.29, 1.82) is 0 Å². The first-order valence-corrected chi connectivity index (χ1v) is 7.48. The Labute approximate surface area is 145 Å². The van der Waals surface area contributed by atoms with E-state index >= 15 is 0 Å². The van der Waals surface area contributed by atoms with Gasteiger partial charge in [0.05, 0.1) is 0 Å². The monoisotopic (exact) mass is 338 g/mol. The summed E-state index contributed by atoms with van der Waals surface area (Å²) in [5.74, 6) is 0. The first-order chi connectivity index (χ1) is 9.90. The molecule has 0 atom stereocenters. The van der Waals surface area contributed by atoms with Gasteiger partial charge in [-0.3, -0.25) is 0 Å². The van der Waals surface area contributed by atoms with Crippen LogP contribution in [0.5, 0.6) is 0 Å². The Balaban J connectivity index is 0.00000121. The van der Waals surface area contributed by atoms with Crippen molar-refractivity contribution < 1.29 is 0 Å². The molecule has 0 bridgehead atoms. The highest BCUT2D eigenvalue weighted by Gasteiger charge is 2.19. The van der Waals surface area contributed by atoms with Crippen molar-refractivity contribution in [3.05, 3.63) is 59.7 Å². The molecule has 2 nitrogen and oxygen atoms in total. The first-order valence-electron chi connectivity index (χ1n) is 7.48. The molecule has 0 aromatic heterocycles. The van der Waals surface area contributed by atoms with Crippen LogP contribution in [0.15, 0.2) is 48.5 Å². The Morgan fingerprint density at radius 2 is 1.36 bits per heavy atom. The quantitative estimate of drug-likeness (QED) is 0.832. The Hall–Kier alpha value is -1.22. The molecule has 120 valence electrons. The van der Waals surface area contributed by atoms with Crippen molar-refractivity contribution in [3.63, 3.8) is 0 Å². The molecule has 2 aromatic carbocycles. The fourth-order valence-electron chi connectivity index (χ4n) is 3.03. The van der Waals surface area contributed by atoms with Gasteiger partial charge in [0.2, 0.25) is 0 Å². The molecule has 0 amide bonds. The predicted molar refractivity (Wildman–Crippen MR) is 100 cm³/mol. The van der Waals surface area contributed by atoms with Crippen LogP contribution in [0.25, 0.3) is 0 Å². The van der Waals surface area contributed by atoms with E-state index in [-0.39, 0.29) is 24.8 Å². The van der Waals surface area contributed by atoms with Gasteiger partial charge in [0.1, 0.15) is 0 Å². The number of rotatable bonds is 4. The lowest BCUT2D eigenvalue weighted by Crippen LogP contribution is -2.22. The number of hydrogen-bond donors (Lipinski definition) is 1. The molecular weight excluding hydrogens is 315 g/mol. The lowest BCUT2D eigenvalue weighted by molar-refractivity contribution is 0.723. The Bertz CT molecular complexity index is 539. The van der Waals surface area contributed by atoms with E-state index in [1.165, 1.54) is 22.5 Å². The normalized spacial score (nSPS) is 12.3. The Morgan fingerprint density at radius 3 is 1.86 bits per heavy atom. The maximum absolute atomic E-state index is 3.24. The molecule has 0 aliphatic carbocycles. The number of anilines is 2. The number of nitrogens with zero attached hydrogens (tertiary/aromatic N) is 1. The van der Waals surface area contributed by atoms with E-state index in [0.29, 0.717) is 0 Å². The first kappa shape index (κ1) is 18.8. The molecule has 1 aliphatic heterocycles. The average Bonchev–Trinajstić information content (AvgIpc) is 2.66. The van der Waals surface area contributed by atoms with Crippen molar-refractivity contribution in [2.24, 2.45) is 0 Å². The number of benzene rings is 2. The minimum atomic E-state index is 0. The molecule has 0 saturated carbocycles. The maximum atomic E-state index is 3.24. The van der Waals surface area contributed by atoms with E-state index < -0.39 is 0 Å². The number of halogens is 2. The predicted octanol–water partition coefficient (Wildman–Crippen LogP) is 4.38. The van der Waals surface area contributed by atoms with Crippen molar-refractivity contribution in [2.75, 3.05) is 25.0 Å². The summed E-state index contributed by atoms with van der Waals surface area (Å²) in [6.45, 7) is 2.12. The van der Waals surface area contributed by atoms with Gasteiger partial charge in [-0.25, -0.2) is 0 Å². The molecule has 1 N–H and O–H groups in total. The van der Waals surface area contributed by atoms with Gasteiger partial charge < -0.3 is 10.2 Å². The summed E-state index contributed by atoms with van der Waals surface area (Å²) in [4.78, 5) is 2.50. The molecule has 2 aromatic rings. The fourth-order valence-corrected chi connectivity index (χ4v) is 3.03. The van der Waals surface area contributed by atoms with Crippen molar-refractivity contribution in [3.8, 4) is 0 Å². The Morgan fingerprint density at radius 1 is 0.864 bits per heavy atom. The number of hydrogen-bond acceptors (Lipinski definition) is 2. The van der Waals surface area contributed by atoms with E-state index in [9.17, 15) is 0 Å². The second-order valence-corrected chi connectivity index (χ2v) is 5.37. The molecule has 4 heteroatoms. The summed E-state index contributed by atoms with van der Waals surface area (Å²) in [6.07, 6.45) is 3.42. The summed E-state index contributed by atoms with van der Waals surface area (Å²) >= 11 is 0. The second kappa shape index (κ2) is 9.04. The maximum Gasteiger partial charge on any atom is 0.0443 e. The molecule has 22 heavy (non-hydrogen) atoms. The van der Waals surface area contributed by atoms with Crippen LogP contribution < -0.4 is 10.2 Å². The zero-order valence-corrected chi connectivity index (χ0v) is 14.6. The zero-order chi connectivity index (χ0) is 13.8. The third kappa shape index (κ3) is 3.95. The third-order valence-electron chi connectivity index (χ3n) is 4.04. The summed E-state index contributed by atoms with van der Waals surface area (Å²) in [5.41, 5.74) is 5.70. The zero-order valence-electron chi connectivity index (χ0n) is 12.9. The van der Waals surface area contributed by atoms with Gasteiger partial charge in [0, 0.05) is 17.9 Å². The molecule has 3 rings (SSSR count). The highest BCUT2D eigenvalue weighted by Crippen LogP contribution is 2.35. The SMILES string of the molecule is CNCCCN1c2ccccc2CCc2ccccc21.Cl.Cl. The van der Waals surface area contributed by atoms with E-state index in [1.807, 2.05) is 7.05 Å². The standard InChI is InChI=1S/C18H22N2.2ClH/c1-19-13-6-14-20-17-9-4-2-7-15(17)11-12-16-8-3-5-10-18(16)20;;/h2-5,7-10,19H,6,11-14H2,1H3;2*1H. The largest absolute Gasteiger partial charge is 0.341 e. The van der Waals surface area contributed by atoms with Crippen LogP contribution in [0.4, 0.5) is 11.4 Å². The summed E-state index contributed by atoms with van der Waals surface area (Å²) in [7, 11) is 2.02. The van der Waals surface area contributed by atoms with Crippen LogP contribution in [0.1, 0.15) is 17.5 Å². The van der Waals surface area contributed by atoms with Crippen LogP contribution in [0.2, 0.25) is 0 Å². The molecule has 0 spiro atoms. The van der Waals surface area contributed by atoms with Crippen molar-refractivity contribution >= 4 is 36.2 Å². The number of aryl methyl sites for hydroxylation is 2. The van der Waals surface area contributed by atoms with Gasteiger partial charge in [-0.15, -0.1) is 24.8 Å². The molecule has 1 aliphatic rings. The van der Waals surface area contributed by atoms with Crippen molar-refractivity contribution in [2.45, 2.75) is 19.3 Å². The molecular formula is C18H24Cl2N2. The summed E-state index contributed by atoms with van der Waals surface area (Å²) in [6, 6.07) is 17.7. The number of para-hydroxylation sites is 2. The van der Waals surface area contributed by atoms with E-state index in [4.69, 9.17) is 0 Å². The van der Waals surface area contributed by atoms with Crippen LogP contribution in [0, 0.1) is 0 Å². The van der Waals surface area contributed by atoms with Crippen LogP contribution in [-0.4, -0.2) is 20.1 Å². The topological polar surface area (TPSA) is 15.3 Å². The van der Waals surface area contributed by atoms with Crippen LogP contribution in [0.3, 0.4) is 0 Å². The molecule has 0 fully saturated rings. The van der Waals surface area contributed by atoms with Gasteiger partial charge in [-0.1, -0.05) is 36.4 Å². The Kier molecular flexibility index (Phi) is 7.74. The summed E-state index contributed by atoms with van der Waals surface area (Å²) < 4.78 is 0.